The lowest BCUT2D eigenvalue weighted by Crippen LogP contribution is -2.40. The number of rotatable bonds is 4. The molecule has 84 valence electrons. The second-order valence-electron chi connectivity index (χ2n) is 5.17. The van der Waals surface area contributed by atoms with Crippen LogP contribution in [0, 0.1) is 11.8 Å². The molecule has 3 unspecified atom stereocenters. The van der Waals surface area contributed by atoms with Crippen LogP contribution in [0.3, 0.4) is 0 Å². The van der Waals surface area contributed by atoms with Crippen molar-refractivity contribution >= 4 is 0 Å². The molecule has 1 aliphatic rings. The summed E-state index contributed by atoms with van der Waals surface area (Å²) in [6.07, 6.45) is 8.57. The van der Waals surface area contributed by atoms with Crippen molar-refractivity contribution in [3.05, 3.63) is 0 Å². The number of hydrogen-bond donors (Lipinski definition) is 1. The van der Waals surface area contributed by atoms with Crippen LogP contribution >= 0.6 is 0 Å². The fourth-order valence-electron chi connectivity index (χ4n) is 3.21. The van der Waals surface area contributed by atoms with Gasteiger partial charge in [-0.25, -0.2) is 0 Å². The van der Waals surface area contributed by atoms with Gasteiger partial charge in [-0.1, -0.05) is 46.0 Å². The molecule has 1 saturated carbocycles. The Bertz CT molecular complexity index is 163. The van der Waals surface area contributed by atoms with Gasteiger partial charge in [0, 0.05) is 0 Å². The van der Waals surface area contributed by atoms with Gasteiger partial charge in [0.25, 0.3) is 0 Å². The van der Waals surface area contributed by atoms with Crippen molar-refractivity contribution in [1.29, 1.82) is 0 Å². The van der Waals surface area contributed by atoms with Crippen molar-refractivity contribution in [1.82, 2.24) is 0 Å². The summed E-state index contributed by atoms with van der Waals surface area (Å²) in [5.41, 5.74) is -0.407. The Morgan fingerprint density at radius 2 is 1.86 bits per heavy atom. The second-order valence-corrected chi connectivity index (χ2v) is 5.17. The van der Waals surface area contributed by atoms with E-state index in [9.17, 15) is 5.11 Å². The van der Waals surface area contributed by atoms with Crippen molar-refractivity contribution in [2.24, 2.45) is 11.8 Å². The molecule has 3 atom stereocenters. The molecule has 1 nitrogen and oxygen atoms in total. The lowest BCUT2D eigenvalue weighted by atomic mass is 9.68. The molecule has 0 aromatic rings. The van der Waals surface area contributed by atoms with Gasteiger partial charge < -0.3 is 5.11 Å². The highest BCUT2D eigenvalue weighted by molar-refractivity contribution is 4.88. The molecule has 1 N–H and O–H groups in total. The van der Waals surface area contributed by atoms with E-state index in [1.807, 2.05) is 0 Å². The number of aliphatic hydroxyl groups is 1. The maximum atomic E-state index is 10.4. The Morgan fingerprint density at radius 3 is 2.43 bits per heavy atom. The quantitative estimate of drug-likeness (QED) is 0.729. The van der Waals surface area contributed by atoms with Gasteiger partial charge in [0.1, 0.15) is 0 Å². The minimum absolute atomic E-state index is 0.407. The fraction of sp³-hybridized carbons (Fsp3) is 1.00. The van der Waals surface area contributed by atoms with E-state index in [1.54, 1.807) is 0 Å². The van der Waals surface area contributed by atoms with Crippen LogP contribution in [0.4, 0.5) is 0 Å². The number of hydrogen-bond acceptors (Lipinski definition) is 1. The predicted molar refractivity (Wildman–Crippen MR) is 61.3 cm³/mol. The van der Waals surface area contributed by atoms with Crippen molar-refractivity contribution in [2.75, 3.05) is 0 Å². The lowest BCUT2D eigenvalue weighted by Gasteiger charge is -2.41. The topological polar surface area (TPSA) is 20.2 Å². The van der Waals surface area contributed by atoms with Crippen LogP contribution in [0.1, 0.15) is 65.7 Å². The van der Waals surface area contributed by atoms with Crippen molar-refractivity contribution in [3.8, 4) is 0 Å². The van der Waals surface area contributed by atoms with Gasteiger partial charge in [-0.05, 0) is 31.6 Å². The van der Waals surface area contributed by atoms with E-state index in [-0.39, 0.29) is 0 Å². The molecule has 0 heterocycles. The first-order valence-corrected chi connectivity index (χ1v) is 6.34. The zero-order chi connectivity index (χ0) is 10.6. The third kappa shape index (κ3) is 2.73. The highest BCUT2D eigenvalue weighted by atomic mass is 16.3. The second kappa shape index (κ2) is 5.16. The van der Waals surface area contributed by atoms with E-state index >= 15 is 0 Å². The van der Waals surface area contributed by atoms with Gasteiger partial charge in [0.2, 0.25) is 0 Å². The van der Waals surface area contributed by atoms with Gasteiger partial charge in [0.15, 0.2) is 0 Å². The van der Waals surface area contributed by atoms with E-state index in [0.717, 1.165) is 18.8 Å². The van der Waals surface area contributed by atoms with Crippen molar-refractivity contribution in [2.45, 2.75) is 71.3 Å². The smallest absolute Gasteiger partial charge is 0.0650 e. The first-order chi connectivity index (χ1) is 6.61. The Balaban J connectivity index is 2.61. The molecule has 0 aromatic carbocycles. The molecule has 0 saturated heterocycles. The van der Waals surface area contributed by atoms with Gasteiger partial charge >= 0.3 is 0 Å². The molecular weight excluding hydrogens is 172 g/mol. The SMILES string of the molecule is CCCC(C)(O)C1CCCCC1CC. The van der Waals surface area contributed by atoms with E-state index in [0.29, 0.717) is 5.92 Å². The summed E-state index contributed by atoms with van der Waals surface area (Å²) in [5.74, 6) is 1.33. The van der Waals surface area contributed by atoms with Crippen LogP contribution in [-0.4, -0.2) is 10.7 Å². The molecule has 0 aliphatic heterocycles. The highest BCUT2D eigenvalue weighted by Gasteiger charge is 2.37. The van der Waals surface area contributed by atoms with Crippen LogP contribution in [0.15, 0.2) is 0 Å². The average molecular weight is 198 g/mol. The molecule has 0 spiro atoms. The van der Waals surface area contributed by atoms with Gasteiger partial charge in [-0.15, -0.1) is 0 Å². The van der Waals surface area contributed by atoms with Gasteiger partial charge in [-0.2, -0.15) is 0 Å². The summed E-state index contributed by atoms with van der Waals surface area (Å²) in [5, 5.41) is 10.4. The molecule has 1 aliphatic carbocycles. The average Bonchev–Trinajstić information content (AvgIpc) is 2.18. The summed E-state index contributed by atoms with van der Waals surface area (Å²) in [7, 11) is 0. The first kappa shape index (κ1) is 12.0. The summed E-state index contributed by atoms with van der Waals surface area (Å²) in [6, 6.07) is 0. The summed E-state index contributed by atoms with van der Waals surface area (Å²) in [6.45, 7) is 6.48. The monoisotopic (exact) mass is 198 g/mol. The van der Waals surface area contributed by atoms with Crippen molar-refractivity contribution < 1.29 is 5.11 Å². The Hall–Kier alpha value is -0.0400. The molecule has 1 fully saturated rings. The summed E-state index contributed by atoms with van der Waals surface area (Å²) >= 11 is 0. The Kier molecular flexibility index (Phi) is 4.43. The largest absolute Gasteiger partial charge is 0.390 e. The van der Waals surface area contributed by atoms with E-state index < -0.39 is 5.60 Å². The molecule has 1 rings (SSSR count). The van der Waals surface area contributed by atoms with E-state index in [1.165, 1.54) is 32.1 Å². The summed E-state index contributed by atoms with van der Waals surface area (Å²) < 4.78 is 0. The molecule has 1 heteroatoms. The Morgan fingerprint density at radius 1 is 1.21 bits per heavy atom. The summed E-state index contributed by atoms with van der Waals surface area (Å²) in [4.78, 5) is 0. The maximum Gasteiger partial charge on any atom is 0.0650 e. The zero-order valence-corrected chi connectivity index (χ0v) is 10.1. The molecular formula is C13H26O. The molecule has 0 radical (unpaired) electrons. The fourth-order valence-corrected chi connectivity index (χ4v) is 3.21. The lowest BCUT2D eigenvalue weighted by molar-refractivity contribution is -0.0500. The third-order valence-electron chi connectivity index (χ3n) is 3.99. The third-order valence-corrected chi connectivity index (χ3v) is 3.99. The molecule has 14 heavy (non-hydrogen) atoms. The first-order valence-electron chi connectivity index (χ1n) is 6.34. The minimum Gasteiger partial charge on any atom is -0.390 e. The Labute approximate surface area is 88.9 Å². The zero-order valence-electron chi connectivity index (χ0n) is 10.1. The normalized spacial score (nSPS) is 32.6. The van der Waals surface area contributed by atoms with Crippen LogP contribution in [0.5, 0.6) is 0 Å². The highest BCUT2D eigenvalue weighted by Crippen LogP contribution is 2.40. The van der Waals surface area contributed by atoms with Crippen LogP contribution in [-0.2, 0) is 0 Å². The van der Waals surface area contributed by atoms with Crippen LogP contribution < -0.4 is 0 Å². The molecule has 0 amide bonds. The predicted octanol–water partition coefficient (Wildman–Crippen LogP) is 3.75. The minimum atomic E-state index is -0.407. The standard InChI is InChI=1S/C13H26O/c1-4-10-13(3,14)12-9-7-6-8-11(12)5-2/h11-12,14H,4-10H2,1-3H3. The maximum absolute atomic E-state index is 10.4. The van der Waals surface area contributed by atoms with Crippen molar-refractivity contribution in [3.63, 3.8) is 0 Å². The van der Waals surface area contributed by atoms with Crippen LogP contribution in [0.2, 0.25) is 0 Å². The molecule has 0 bridgehead atoms. The van der Waals surface area contributed by atoms with Gasteiger partial charge in [-0.3, -0.25) is 0 Å². The van der Waals surface area contributed by atoms with Gasteiger partial charge in [0.05, 0.1) is 5.60 Å². The van der Waals surface area contributed by atoms with E-state index in [4.69, 9.17) is 0 Å². The molecule has 0 aromatic heterocycles. The van der Waals surface area contributed by atoms with E-state index in [2.05, 4.69) is 20.8 Å². The van der Waals surface area contributed by atoms with Crippen LogP contribution in [0.25, 0.3) is 0 Å².